The van der Waals surface area contributed by atoms with E-state index in [4.69, 9.17) is 5.11 Å². The molecule has 0 heterocycles. The number of unbranched alkanes of at least 4 members (excludes halogenated alkanes) is 1. The summed E-state index contributed by atoms with van der Waals surface area (Å²) < 4.78 is 26.7. The Morgan fingerprint density at radius 1 is 1.29 bits per heavy atom. The number of anilines is 1. The van der Waals surface area contributed by atoms with Crippen LogP contribution in [-0.2, 0) is 4.79 Å². The number of carbonyl (C=O) groups is 1. The van der Waals surface area contributed by atoms with E-state index in [1.54, 1.807) is 7.05 Å². The molecule has 0 aliphatic rings. The zero-order chi connectivity index (χ0) is 12.8. The average molecular weight is 243 g/mol. The second-order valence-corrected chi connectivity index (χ2v) is 3.84. The summed E-state index contributed by atoms with van der Waals surface area (Å²) in [5.41, 5.74) is -0.0668. The molecule has 0 spiro atoms. The predicted molar refractivity (Wildman–Crippen MR) is 61.1 cm³/mol. The van der Waals surface area contributed by atoms with Crippen LogP contribution < -0.4 is 4.90 Å². The largest absolute Gasteiger partial charge is 0.481 e. The van der Waals surface area contributed by atoms with E-state index in [9.17, 15) is 13.6 Å². The SMILES string of the molecule is CN(CCCCC(=O)O)c1c(F)cccc1F. The summed E-state index contributed by atoms with van der Waals surface area (Å²) in [6.45, 7) is 0.422. The van der Waals surface area contributed by atoms with Gasteiger partial charge in [-0.2, -0.15) is 0 Å². The maximum atomic E-state index is 13.4. The van der Waals surface area contributed by atoms with E-state index in [1.165, 1.54) is 23.1 Å². The molecule has 5 heteroatoms. The summed E-state index contributed by atoms with van der Waals surface area (Å²) in [7, 11) is 1.59. The lowest BCUT2D eigenvalue weighted by Crippen LogP contribution is -2.21. The molecule has 1 rings (SSSR count). The van der Waals surface area contributed by atoms with Crippen molar-refractivity contribution in [3.05, 3.63) is 29.8 Å². The van der Waals surface area contributed by atoms with Crippen molar-refractivity contribution in [2.45, 2.75) is 19.3 Å². The third-order valence-electron chi connectivity index (χ3n) is 2.45. The van der Waals surface area contributed by atoms with Crippen molar-refractivity contribution in [2.24, 2.45) is 0 Å². The van der Waals surface area contributed by atoms with E-state index in [0.717, 1.165) is 0 Å². The van der Waals surface area contributed by atoms with Gasteiger partial charge in [0.1, 0.15) is 17.3 Å². The van der Waals surface area contributed by atoms with Gasteiger partial charge >= 0.3 is 5.97 Å². The van der Waals surface area contributed by atoms with Gasteiger partial charge in [0, 0.05) is 20.0 Å². The van der Waals surface area contributed by atoms with Crippen LogP contribution in [0.15, 0.2) is 18.2 Å². The molecule has 0 aromatic heterocycles. The third-order valence-corrected chi connectivity index (χ3v) is 2.45. The van der Waals surface area contributed by atoms with Crippen LogP contribution in [0.5, 0.6) is 0 Å². The highest BCUT2D eigenvalue weighted by Gasteiger charge is 2.12. The second-order valence-electron chi connectivity index (χ2n) is 3.84. The fourth-order valence-electron chi connectivity index (χ4n) is 1.59. The van der Waals surface area contributed by atoms with Gasteiger partial charge in [-0.1, -0.05) is 6.07 Å². The molecule has 0 radical (unpaired) electrons. The zero-order valence-corrected chi connectivity index (χ0v) is 9.62. The van der Waals surface area contributed by atoms with Gasteiger partial charge in [0.15, 0.2) is 0 Å². The third kappa shape index (κ3) is 4.01. The van der Waals surface area contributed by atoms with Crippen molar-refractivity contribution < 1.29 is 18.7 Å². The maximum absolute atomic E-state index is 13.4. The molecule has 0 atom stereocenters. The smallest absolute Gasteiger partial charge is 0.303 e. The van der Waals surface area contributed by atoms with Crippen molar-refractivity contribution in [2.75, 3.05) is 18.5 Å². The molecule has 0 saturated carbocycles. The number of hydrogen-bond donors (Lipinski definition) is 1. The Labute approximate surface area is 98.7 Å². The van der Waals surface area contributed by atoms with Gasteiger partial charge in [-0.15, -0.1) is 0 Å². The molecular formula is C12H15F2NO2. The van der Waals surface area contributed by atoms with Crippen molar-refractivity contribution in [3.8, 4) is 0 Å². The topological polar surface area (TPSA) is 40.5 Å². The number of aliphatic carboxylic acids is 1. The number of carboxylic acids is 1. The molecule has 0 amide bonds. The van der Waals surface area contributed by atoms with Gasteiger partial charge in [0.25, 0.3) is 0 Å². The van der Waals surface area contributed by atoms with Crippen LogP contribution in [0.4, 0.5) is 14.5 Å². The Hall–Kier alpha value is -1.65. The first-order valence-corrected chi connectivity index (χ1v) is 5.39. The average Bonchev–Trinajstić information content (AvgIpc) is 2.24. The number of benzene rings is 1. The number of carboxylic acid groups (broad SMARTS) is 1. The molecule has 1 aromatic rings. The van der Waals surface area contributed by atoms with E-state index in [1.807, 2.05) is 0 Å². The van der Waals surface area contributed by atoms with Crippen molar-refractivity contribution in [3.63, 3.8) is 0 Å². The van der Waals surface area contributed by atoms with Crippen LogP contribution in [0.1, 0.15) is 19.3 Å². The molecule has 0 aliphatic heterocycles. The first-order chi connectivity index (χ1) is 8.02. The van der Waals surface area contributed by atoms with Crippen molar-refractivity contribution in [1.82, 2.24) is 0 Å². The number of rotatable bonds is 6. The molecule has 1 aromatic carbocycles. The molecule has 0 fully saturated rings. The summed E-state index contributed by atoms with van der Waals surface area (Å²) in [5, 5.41) is 8.45. The molecule has 94 valence electrons. The normalized spacial score (nSPS) is 10.3. The van der Waals surface area contributed by atoms with E-state index >= 15 is 0 Å². The monoisotopic (exact) mass is 243 g/mol. The summed E-state index contributed by atoms with van der Waals surface area (Å²) in [6.07, 6.45) is 1.15. The maximum Gasteiger partial charge on any atom is 0.303 e. The first-order valence-electron chi connectivity index (χ1n) is 5.39. The fourth-order valence-corrected chi connectivity index (χ4v) is 1.59. The number of nitrogens with zero attached hydrogens (tertiary/aromatic N) is 1. The summed E-state index contributed by atoms with van der Waals surface area (Å²) in [4.78, 5) is 11.8. The molecule has 0 aliphatic carbocycles. The van der Waals surface area contributed by atoms with Crippen molar-refractivity contribution in [1.29, 1.82) is 0 Å². The first kappa shape index (κ1) is 13.4. The lowest BCUT2D eigenvalue weighted by molar-refractivity contribution is -0.137. The van der Waals surface area contributed by atoms with Gasteiger partial charge in [-0.05, 0) is 25.0 Å². The highest BCUT2D eigenvalue weighted by molar-refractivity contribution is 5.66. The van der Waals surface area contributed by atoms with Crippen LogP contribution in [-0.4, -0.2) is 24.7 Å². The Kier molecular flexibility index (Phi) is 4.87. The van der Waals surface area contributed by atoms with Crippen LogP contribution in [0, 0.1) is 11.6 Å². The Morgan fingerprint density at radius 3 is 2.41 bits per heavy atom. The number of hydrogen-bond acceptors (Lipinski definition) is 2. The molecular weight excluding hydrogens is 228 g/mol. The van der Waals surface area contributed by atoms with Gasteiger partial charge in [-0.3, -0.25) is 4.79 Å². The predicted octanol–water partition coefficient (Wildman–Crippen LogP) is 2.66. The molecule has 17 heavy (non-hydrogen) atoms. The Morgan fingerprint density at radius 2 is 1.88 bits per heavy atom. The van der Waals surface area contributed by atoms with E-state index in [0.29, 0.717) is 19.4 Å². The standard InChI is InChI=1S/C12H15F2NO2/c1-15(8-3-2-7-11(16)17)12-9(13)5-4-6-10(12)14/h4-6H,2-3,7-8H2,1H3,(H,16,17). The highest BCUT2D eigenvalue weighted by atomic mass is 19.1. The van der Waals surface area contributed by atoms with Gasteiger partial charge in [0.2, 0.25) is 0 Å². The van der Waals surface area contributed by atoms with E-state index < -0.39 is 17.6 Å². The quantitative estimate of drug-likeness (QED) is 0.781. The Bertz CT molecular complexity index is 376. The lowest BCUT2D eigenvalue weighted by Gasteiger charge is -2.20. The number of para-hydroxylation sites is 1. The van der Waals surface area contributed by atoms with Crippen LogP contribution in [0.3, 0.4) is 0 Å². The molecule has 0 unspecified atom stereocenters. The zero-order valence-electron chi connectivity index (χ0n) is 9.62. The van der Waals surface area contributed by atoms with Gasteiger partial charge in [-0.25, -0.2) is 8.78 Å². The minimum absolute atomic E-state index is 0.0668. The molecule has 0 bridgehead atoms. The minimum Gasteiger partial charge on any atom is -0.481 e. The lowest BCUT2D eigenvalue weighted by atomic mass is 10.2. The van der Waals surface area contributed by atoms with Gasteiger partial charge < -0.3 is 10.0 Å². The van der Waals surface area contributed by atoms with Crippen LogP contribution >= 0.6 is 0 Å². The Balaban J connectivity index is 2.52. The summed E-state index contributed by atoms with van der Waals surface area (Å²) in [6, 6.07) is 3.71. The van der Waals surface area contributed by atoms with E-state index in [2.05, 4.69) is 0 Å². The molecule has 3 nitrogen and oxygen atoms in total. The molecule has 1 N–H and O–H groups in total. The van der Waals surface area contributed by atoms with Crippen LogP contribution in [0.25, 0.3) is 0 Å². The summed E-state index contributed by atoms with van der Waals surface area (Å²) in [5.74, 6) is -2.07. The van der Waals surface area contributed by atoms with Crippen LogP contribution in [0.2, 0.25) is 0 Å². The molecule has 0 saturated heterocycles. The van der Waals surface area contributed by atoms with E-state index in [-0.39, 0.29) is 12.1 Å². The van der Waals surface area contributed by atoms with Gasteiger partial charge in [0.05, 0.1) is 0 Å². The highest BCUT2D eigenvalue weighted by Crippen LogP contribution is 2.22. The minimum atomic E-state index is -0.857. The van der Waals surface area contributed by atoms with Crippen molar-refractivity contribution >= 4 is 11.7 Å². The summed E-state index contributed by atoms with van der Waals surface area (Å²) >= 11 is 0. The second kappa shape index (κ2) is 6.18. The number of halogens is 2. The fraction of sp³-hybridized carbons (Fsp3) is 0.417.